The second-order valence-electron chi connectivity index (χ2n) is 6.35. The molecule has 3 rings (SSSR count). The second-order valence-corrected chi connectivity index (χ2v) is 6.79. The van der Waals surface area contributed by atoms with Gasteiger partial charge in [-0.2, -0.15) is 0 Å². The molecule has 0 radical (unpaired) electrons. The molecule has 0 bridgehead atoms. The minimum atomic E-state index is -0.445. The van der Waals surface area contributed by atoms with Gasteiger partial charge in [-0.05, 0) is 49.6 Å². The van der Waals surface area contributed by atoms with Crippen molar-refractivity contribution >= 4 is 29.3 Å². The first kappa shape index (κ1) is 18.1. The number of nitro groups is 1. The molecule has 0 heterocycles. The standard InChI is InChI=1S/C20H19ClN2O3/c1-14(15-6-9-17(21)10-7-15)22(18-11-12-18)20(24)13-8-16-4-2-3-5-19(16)23(25)26/h2-10,13-14,18H,11-12H2,1H3/b13-8+. The maximum Gasteiger partial charge on any atom is 0.276 e. The summed E-state index contributed by atoms with van der Waals surface area (Å²) in [6.45, 7) is 1.98. The largest absolute Gasteiger partial charge is 0.329 e. The van der Waals surface area contributed by atoms with E-state index in [0.717, 1.165) is 18.4 Å². The molecule has 1 fully saturated rings. The number of halogens is 1. The highest BCUT2D eigenvalue weighted by Gasteiger charge is 2.35. The monoisotopic (exact) mass is 370 g/mol. The molecule has 1 aliphatic rings. The van der Waals surface area contributed by atoms with Gasteiger partial charge in [-0.15, -0.1) is 0 Å². The quantitative estimate of drug-likeness (QED) is 0.407. The number of carbonyl (C=O) groups is 1. The van der Waals surface area contributed by atoms with Gasteiger partial charge in [0.25, 0.3) is 5.69 Å². The van der Waals surface area contributed by atoms with Crippen LogP contribution in [0.3, 0.4) is 0 Å². The molecule has 1 aliphatic carbocycles. The lowest BCUT2D eigenvalue weighted by atomic mass is 10.1. The summed E-state index contributed by atoms with van der Waals surface area (Å²) in [6, 6.07) is 14.0. The van der Waals surface area contributed by atoms with Gasteiger partial charge >= 0.3 is 0 Å². The lowest BCUT2D eigenvalue weighted by molar-refractivity contribution is -0.385. The normalized spacial score (nSPS) is 15.0. The van der Waals surface area contributed by atoms with Gasteiger partial charge in [-0.25, -0.2) is 0 Å². The van der Waals surface area contributed by atoms with E-state index in [1.54, 1.807) is 18.2 Å². The molecule has 0 saturated heterocycles. The fourth-order valence-electron chi connectivity index (χ4n) is 2.98. The van der Waals surface area contributed by atoms with Crippen molar-refractivity contribution in [1.29, 1.82) is 0 Å². The summed E-state index contributed by atoms with van der Waals surface area (Å²) in [6.07, 6.45) is 4.89. The van der Waals surface area contributed by atoms with Crippen LogP contribution in [0.25, 0.3) is 6.08 Å². The molecule has 0 N–H and O–H groups in total. The third-order valence-corrected chi connectivity index (χ3v) is 4.76. The smallest absolute Gasteiger partial charge is 0.276 e. The zero-order valence-corrected chi connectivity index (χ0v) is 15.1. The van der Waals surface area contributed by atoms with Crippen LogP contribution in [0, 0.1) is 10.1 Å². The van der Waals surface area contributed by atoms with Crippen LogP contribution in [0.4, 0.5) is 5.69 Å². The van der Waals surface area contributed by atoms with Gasteiger partial charge in [0.05, 0.1) is 16.5 Å². The van der Waals surface area contributed by atoms with Crippen LogP contribution in [-0.2, 0) is 4.79 Å². The molecule has 0 aliphatic heterocycles. The molecule has 5 nitrogen and oxygen atoms in total. The van der Waals surface area contributed by atoms with E-state index in [9.17, 15) is 14.9 Å². The van der Waals surface area contributed by atoms with E-state index in [-0.39, 0.29) is 23.7 Å². The molecule has 0 aromatic heterocycles. The van der Waals surface area contributed by atoms with Crippen LogP contribution in [0.2, 0.25) is 5.02 Å². The Labute approximate surface area is 157 Å². The van der Waals surface area contributed by atoms with Crippen molar-refractivity contribution in [2.45, 2.75) is 31.8 Å². The molecule has 1 atom stereocenters. The summed E-state index contributed by atoms with van der Waals surface area (Å²) in [5, 5.41) is 11.8. The summed E-state index contributed by atoms with van der Waals surface area (Å²) in [5.41, 5.74) is 1.41. The SMILES string of the molecule is CC(c1ccc(Cl)cc1)N(C(=O)/C=C/c1ccccc1[N+](=O)[O-])C1CC1. The number of hydrogen-bond acceptors (Lipinski definition) is 3. The predicted molar refractivity (Wildman–Crippen MR) is 102 cm³/mol. The molecule has 1 saturated carbocycles. The maximum absolute atomic E-state index is 12.8. The highest BCUT2D eigenvalue weighted by Crippen LogP contribution is 2.35. The van der Waals surface area contributed by atoms with Gasteiger partial charge in [0.15, 0.2) is 0 Å². The van der Waals surface area contributed by atoms with Gasteiger partial charge < -0.3 is 4.90 Å². The summed E-state index contributed by atoms with van der Waals surface area (Å²) < 4.78 is 0. The van der Waals surface area contributed by atoms with Crippen molar-refractivity contribution in [2.24, 2.45) is 0 Å². The highest BCUT2D eigenvalue weighted by atomic mass is 35.5. The van der Waals surface area contributed by atoms with Crippen LogP contribution in [0.15, 0.2) is 54.6 Å². The van der Waals surface area contributed by atoms with Crippen molar-refractivity contribution in [3.63, 3.8) is 0 Å². The number of benzene rings is 2. The number of nitrogens with zero attached hydrogens (tertiary/aromatic N) is 2. The Kier molecular flexibility index (Phi) is 5.38. The summed E-state index contributed by atoms with van der Waals surface area (Å²) in [7, 11) is 0. The lowest BCUT2D eigenvalue weighted by Crippen LogP contribution is -2.34. The van der Waals surface area contributed by atoms with E-state index < -0.39 is 4.92 Å². The van der Waals surface area contributed by atoms with Crippen molar-refractivity contribution in [1.82, 2.24) is 4.90 Å². The second kappa shape index (κ2) is 7.70. The Hall–Kier alpha value is -2.66. The molecule has 26 heavy (non-hydrogen) atoms. The average molecular weight is 371 g/mol. The van der Waals surface area contributed by atoms with Crippen LogP contribution in [0.5, 0.6) is 0 Å². The number of hydrogen-bond donors (Lipinski definition) is 0. The van der Waals surface area contributed by atoms with Crippen molar-refractivity contribution < 1.29 is 9.72 Å². The van der Waals surface area contributed by atoms with Crippen LogP contribution in [-0.4, -0.2) is 21.8 Å². The van der Waals surface area contributed by atoms with Crippen LogP contribution in [0.1, 0.15) is 36.9 Å². The molecule has 2 aromatic rings. The van der Waals surface area contributed by atoms with Crippen molar-refractivity contribution in [3.05, 3.63) is 80.9 Å². The molecule has 1 amide bonds. The van der Waals surface area contributed by atoms with Crippen LogP contribution < -0.4 is 0 Å². The third kappa shape index (κ3) is 4.11. The molecule has 2 aromatic carbocycles. The van der Waals surface area contributed by atoms with Gasteiger partial charge in [0, 0.05) is 23.2 Å². The fourth-order valence-corrected chi connectivity index (χ4v) is 3.11. The van der Waals surface area contributed by atoms with E-state index in [1.165, 1.54) is 18.2 Å². The van der Waals surface area contributed by atoms with E-state index >= 15 is 0 Å². The summed E-state index contributed by atoms with van der Waals surface area (Å²) in [4.78, 5) is 25.3. The van der Waals surface area contributed by atoms with E-state index in [2.05, 4.69) is 0 Å². The third-order valence-electron chi connectivity index (χ3n) is 4.50. The first-order valence-electron chi connectivity index (χ1n) is 8.46. The Bertz CT molecular complexity index is 844. The van der Waals surface area contributed by atoms with Crippen molar-refractivity contribution in [3.8, 4) is 0 Å². The van der Waals surface area contributed by atoms with Gasteiger partial charge in [-0.1, -0.05) is 35.9 Å². The van der Waals surface area contributed by atoms with E-state index in [1.807, 2.05) is 36.1 Å². The fraction of sp³-hybridized carbons (Fsp3) is 0.250. The Morgan fingerprint density at radius 2 is 1.88 bits per heavy atom. The summed E-state index contributed by atoms with van der Waals surface area (Å²) in [5.74, 6) is -0.145. The zero-order valence-electron chi connectivity index (χ0n) is 14.3. The molecular weight excluding hydrogens is 352 g/mol. The van der Waals surface area contributed by atoms with Crippen molar-refractivity contribution in [2.75, 3.05) is 0 Å². The molecule has 1 unspecified atom stereocenters. The Morgan fingerprint density at radius 1 is 1.23 bits per heavy atom. The number of carbonyl (C=O) groups excluding carboxylic acids is 1. The molecule has 134 valence electrons. The first-order chi connectivity index (χ1) is 12.5. The molecule has 6 heteroatoms. The Balaban J connectivity index is 1.82. The number of amides is 1. The first-order valence-corrected chi connectivity index (χ1v) is 8.84. The molecular formula is C20H19ClN2O3. The minimum absolute atomic E-state index is 0.0136. The van der Waals surface area contributed by atoms with Gasteiger partial charge in [-0.3, -0.25) is 14.9 Å². The van der Waals surface area contributed by atoms with Gasteiger partial charge in [0.2, 0.25) is 5.91 Å². The maximum atomic E-state index is 12.8. The lowest BCUT2D eigenvalue weighted by Gasteiger charge is -2.29. The van der Waals surface area contributed by atoms with Crippen LogP contribution >= 0.6 is 11.6 Å². The van der Waals surface area contributed by atoms with E-state index in [0.29, 0.717) is 10.6 Å². The van der Waals surface area contributed by atoms with E-state index in [4.69, 9.17) is 11.6 Å². The molecule has 0 spiro atoms. The summed E-state index contributed by atoms with van der Waals surface area (Å²) >= 11 is 5.94. The average Bonchev–Trinajstić information content (AvgIpc) is 3.45. The number of para-hydroxylation sites is 1. The number of rotatable bonds is 6. The zero-order chi connectivity index (χ0) is 18.7. The minimum Gasteiger partial charge on any atom is -0.329 e. The Morgan fingerprint density at radius 3 is 2.50 bits per heavy atom. The topological polar surface area (TPSA) is 63.5 Å². The highest BCUT2D eigenvalue weighted by molar-refractivity contribution is 6.30. The van der Waals surface area contributed by atoms with Gasteiger partial charge in [0.1, 0.15) is 0 Å². The number of nitro benzene ring substituents is 1. The predicted octanol–water partition coefficient (Wildman–Crippen LogP) is 5.01.